The summed E-state index contributed by atoms with van der Waals surface area (Å²) in [6, 6.07) is 6.50. The van der Waals surface area contributed by atoms with Crippen LogP contribution in [0.3, 0.4) is 0 Å². The van der Waals surface area contributed by atoms with Gasteiger partial charge in [-0.25, -0.2) is 4.39 Å². The molecule has 2 N–H and O–H groups in total. The average molecular weight is 305 g/mol. The maximum Gasteiger partial charge on any atom is 0.305 e. The first-order valence-electron chi connectivity index (χ1n) is 6.82. The summed E-state index contributed by atoms with van der Waals surface area (Å²) in [4.78, 5) is 22.9. The van der Waals surface area contributed by atoms with Crippen molar-refractivity contribution in [3.05, 3.63) is 59.8 Å². The van der Waals surface area contributed by atoms with Crippen molar-refractivity contribution in [1.29, 1.82) is 0 Å². The molecule has 1 aromatic heterocycles. The predicted octanol–water partition coefficient (Wildman–Crippen LogP) is 2.68. The fraction of sp³-hybridized carbons (Fsp3) is 0.250. The average Bonchev–Trinajstić information content (AvgIpc) is 2.98. The lowest BCUT2D eigenvalue weighted by atomic mass is 10.0. The number of carbonyl (C=O) groups is 2. The Kier molecular flexibility index (Phi) is 5.30. The van der Waals surface area contributed by atoms with Gasteiger partial charge in [0, 0.05) is 6.42 Å². The summed E-state index contributed by atoms with van der Waals surface area (Å²) in [5, 5.41) is 11.6. The van der Waals surface area contributed by atoms with Crippen LogP contribution in [0.5, 0.6) is 0 Å². The number of halogens is 1. The van der Waals surface area contributed by atoms with Gasteiger partial charge in [0.1, 0.15) is 5.82 Å². The van der Waals surface area contributed by atoms with Gasteiger partial charge >= 0.3 is 5.97 Å². The molecule has 1 aromatic carbocycles. The number of amides is 1. The predicted molar refractivity (Wildman–Crippen MR) is 76.6 cm³/mol. The summed E-state index contributed by atoms with van der Waals surface area (Å²) in [5.74, 6) is -1.72. The van der Waals surface area contributed by atoms with Gasteiger partial charge < -0.3 is 14.8 Å². The van der Waals surface area contributed by atoms with Crippen LogP contribution in [-0.4, -0.2) is 17.0 Å². The van der Waals surface area contributed by atoms with Crippen LogP contribution in [-0.2, 0) is 16.0 Å². The summed E-state index contributed by atoms with van der Waals surface area (Å²) in [6.45, 7) is 0. The highest BCUT2D eigenvalue weighted by Gasteiger charge is 2.18. The Hall–Kier alpha value is -2.63. The third-order valence-corrected chi connectivity index (χ3v) is 3.21. The smallest absolute Gasteiger partial charge is 0.305 e. The lowest BCUT2D eigenvalue weighted by Gasteiger charge is -2.17. The molecule has 0 bridgehead atoms. The number of nitrogens with one attached hydrogen (secondary N) is 1. The molecule has 5 nitrogen and oxygen atoms in total. The van der Waals surface area contributed by atoms with Crippen molar-refractivity contribution in [2.45, 2.75) is 25.3 Å². The van der Waals surface area contributed by atoms with E-state index in [-0.39, 0.29) is 18.7 Å². The van der Waals surface area contributed by atoms with Crippen molar-refractivity contribution in [3.63, 3.8) is 0 Å². The van der Waals surface area contributed by atoms with E-state index < -0.39 is 17.8 Å². The molecular weight excluding hydrogens is 289 g/mol. The van der Waals surface area contributed by atoms with Crippen molar-refractivity contribution in [2.75, 3.05) is 0 Å². The van der Waals surface area contributed by atoms with Crippen molar-refractivity contribution >= 4 is 11.9 Å². The molecule has 2 rings (SSSR count). The number of hydrogen-bond donors (Lipinski definition) is 2. The highest BCUT2D eigenvalue weighted by molar-refractivity contribution is 5.78. The van der Waals surface area contributed by atoms with E-state index in [1.807, 2.05) is 0 Å². The highest BCUT2D eigenvalue weighted by atomic mass is 19.1. The van der Waals surface area contributed by atoms with E-state index in [1.54, 1.807) is 12.3 Å². The largest absolute Gasteiger partial charge is 0.481 e. The summed E-state index contributed by atoms with van der Waals surface area (Å²) >= 11 is 0. The topological polar surface area (TPSA) is 79.5 Å². The standard InChI is InChI=1S/C16H16FNO4/c17-13-4-2-12(3-5-13)14(9-16(20)21)18-15(19)6-1-11-7-8-22-10-11/h2-5,7-8,10,14H,1,6,9H2,(H,18,19)(H,20,21). The molecule has 116 valence electrons. The van der Waals surface area contributed by atoms with Gasteiger partial charge in [0.05, 0.1) is 25.0 Å². The number of carboxylic acids is 1. The maximum absolute atomic E-state index is 12.9. The third-order valence-electron chi connectivity index (χ3n) is 3.21. The molecule has 0 aliphatic heterocycles. The molecular formula is C16H16FNO4. The van der Waals surface area contributed by atoms with Crippen LogP contribution in [0.25, 0.3) is 0 Å². The summed E-state index contributed by atoms with van der Waals surface area (Å²) in [5.41, 5.74) is 1.45. The van der Waals surface area contributed by atoms with Gasteiger partial charge in [-0.15, -0.1) is 0 Å². The molecule has 0 aliphatic rings. The number of benzene rings is 1. The molecule has 1 unspecified atom stereocenters. The van der Waals surface area contributed by atoms with Crippen molar-refractivity contribution in [2.24, 2.45) is 0 Å². The second-order valence-electron chi connectivity index (χ2n) is 4.90. The molecule has 6 heteroatoms. The molecule has 1 heterocycles. The Morgan fingerprint density at radius 1 is 1.23 bits per heavy atom. The van der Waals surface area contributed by atoms with E-state index in [4.69, 9.17) is 9.52 Å². The van der Waals surface area contributed by atoms with E-state index in [1.165, 1.54) is 30.5 Å². The maximum atomic E-state index is 12.9. The first kappa shape index (κ1) is 15.8. The van der Waals surface area contributed by atoms with E-state index in [9.17, 15) is 14.0 Å². The van der Waals surface area contributed by atoms with Crippen molar-refractivity contribution in [1.82, 2.24) is 5.32 Å². The minimum atomic E-state index is -1.04. The molecule has 0 radical (unpaired) electrons. The van der Waals surface area contributed by atoms with Gasteiger partial charge in [-0.3, -0.25) is 9.59 Å². The zero-order valence-corrected chi connectivity index (χ0v) is 11.8. The number of furan rings is 1. The van der Waals surface area contributed by atoms with Crippen LogP contribution >= 0.6 is 0 Å². The summed E-state index contributed by atoms with van der Waals surface area (Å²) in [6.07, 6.45) is 3.55. The quantitative estimate of drug-likeness (QED) is 0.824. The lowest BCUT2D eigenvalue weighted by Crippen LogP contribution is -2.30. The molecule has 1 amide bonds. The fourth-order valence-electron chi connectivity index (χ4n) is 2.08. The van der Waals surface area contributed by atoms with Crippen molar-refractivity contribution in [3.8, 4) is 0 Å². The van der Waals surface area contributed by atoms with E-state index in [2.05, 4.69) is 5.32 Å². The van der Waals surface area contributed by atoms with Gasteiger partial charge in [0.2, 0.25) is 5.91 Å². The minimum Gasteiger partial charge on any atom is -0.481 e. The molecule has 1 atom stereocenters. The Morgan fingerprint density at radius 2 is 1.95 bits per heavy atom. The molecule has 0 fully saturated rings. The third kappa shape index (κ3) is 4.73. The zero-order valence-electron chi connectivity index (χ0n) is 11.8. The van der Waals surface area contributed by atoms with Crippen LogP contribution in [0.15, 0.2) is 47.3 Å². The minimum absolute atomic E-state index is 0.219. The van der Waals surface area contributed by atoms with Crippen LogP contribution < -0.4 is 5.32 Å². The molecule has 22 heavy (non-hydrogen) atoms. The molecule has 0 saturated heterocycles. The molecule has 0 aliphatic carbocycles. The highest BCUT2D eigenvalue weighted by Crippen LogP contribution is 2.18. The first-order chi connectivity index (χ1) is 10.5. The number of carbonyl (C=O) groups excluding carboxylic acids is 1. The lowest BCUT2D eigenvalue weighted by molar-refractivity contribution is -0.137. The zero-order chi connectivity index (χ0) is 15.9. The van der Waals surface area contributed by atoms with Gasteiger partial charge in [-0.1, -0.05) is 12.1 Å². The second-order valence-corrected chi connectivity index (χ2v) is 4.90. The summed E-state index contributed by atoms with van der Waals surface area (Å²) < 4.78 is 17.9. The van der Waals surface area contributed by atoms with E-state index in [0.717, 1.165) is 5.56 Å². The summed E-state index contributed by atoms with van der Waals surface area (Å²) in [7, 11) is 0. The molecule has 0 saturated carbocycles. The van der Waals surface area contributed by atoms with Gasteiger partial charge in [-0.05, 0) is 35.7 Å². The number of hydrogen-bond acceptors (Lipinski definition) is 3. The molecule has 0 spiro atoms. The van der Waals surface area contributed by atoms with Crippen LogP contribution in [0.1, 0.15) is 30.0 Å². The number of rotatable bonds is 7. The molecule has 2 aromatic rings. The SMILES string of the molecule is O=C(O)CC(NC(=O)CCc1ccoc1)c1ccc(F)cc1. The second kappa shape index (κ2) is 7.40. The number of aliphatic carboxylic acids is 1. The van der Waals surface area contributed by atoms with Gasteiger partial charge in [-0.2, -0.15) is 0 Å². The Balaban J connectivity index is 1.98. The Bertz CT molecular complexity index is 622. The normalized spacial score (nSPS) is 11.9. The van der Waals surface area contributed by atoms with Crippen LogP contribution in [0.4, 0.5) is 4.39 Å². The van der Waals surface area contributed by atoms with Crippen LogP contribution in [0.2, 0.25) is 0 Å². The number of aryl methyl sites for hydroxylation is 1. The Morgan fingerprint density at radius 3 is 2.55 bits per heavy atom. The first-order valence-corrected chi connectivity index (χ1v) is 6.82. The fourth-order valence-corrected chi connectivity index (χ4v) is 2.08. The van der Waals surface area contributed by atoms with Crippen molar-refractivity contribution < 1.29 is 23.5 Å². The van der Waals surface area contributed by atoms with Gasteiger partial charge in [0.25, 0.3) is 0 Å². The Labute approximate surface area is 126 Å². The number of carboxylic acid groups (broad SMARTS) is 1. The van der Waals surface area contributed by atoms with Gasteiger partial charge in [0.15, 0.2) is 0 Å². The van der Waals surface area contributed by atoms with E-state index in [0.29, 0.717) is 12.0 Å². The monoisotopic (exact) mass is 305 g/mol. The van der Waals surface area contributed by atoms with E-state index >= 15 is 0 Å². The van der Waals surface area contributed by atoms with Crippen LogP contribution in [0, 0.1) is 5.82 Å².